The van der Waals surface area contributed by atoms with E-state index < -0.39 is 5.97 Å². The van der Waals surface area contributed by atoms with Gasteiger partial charge >= 0.3 is 5.97 Å². The van der Waals surface area contributed by atoms with E-state index in [1.165, 1.54) is 13.2 Å². The molecule has 0 aliphatic carbocycles. The first-order chi connectivity index (χ1) is 13.5. The van der Waals surface area contributed by atoms with E-state index in [0.29, 0.717) is 17.1 Å². The maximum atomic E-state index is 12.6. The highest BCUT2D eigenvalue weighted by atomic mass is 16.5. The lowest BCUT2D eigenvalue weighted by molar-refractivity contribution is -0.143. The van der Waals surface area contributed by atoms with Gasteiger partial charge in [-0.2, -0.15) is 0 Å². The van der Waals surface area contributed by atoms with E-state index in [1.807, 2.05) is 31.2 Å². The summed E-state index contributed by atoms with van der Waals surface area (Å²) in [5.41, 5.74) is 2.68. The van der Waals surface area contributed by atoms with Crippen molar-refractivity contribution >= 4 is 23.6 Å². The molecule has 0 spiro atoms. The third-order valence-electron chi connectivity index (χ3n) is 4.65. The Hall–Kier alpha value is -3.28. The van der Waals surface area contributed by atoms with Gasteiger partial charge < -0.3 is 19.1 Å². The lowest BCUT2D eigenvalue weighted by atomic mass is 10.1. The number of carbonyl (C=O) groups is 2. The second kappa shape index (κ2) is 8.61. The average Bonchev–Trinajstić information content (AvgIpc) is 3.05. The quantitative estimate of drug-likeness (QED) is 0.568. The van der Waals surface area contributed by atoms with Crippen LogP contribution >= 0.6 is 0 Å². The van der Waals surface area contributed by atoms with E-state index in [1.54, 1.807) is 36.3 Å². The van der Waals surface area contributed by atoms with Crippen molar-refractivity contribution in [3.05, 3.63) is 59.7 Å². The maximum absolute atomic E-state index is 12.6. The normalized spacial score (nSPS) is 15.4. The summed E-state index contributed by atoms with van der Waals surface area (Å²) in [5, 5.41) is 0. The van der Waals surface area contributed by atoms with Crippen molar-refractivity contribution in [2.45, 2.75) is 19.4 Å². The van der Waals surface area contributed by atoms with Gasteiger partial charge in [0.25, 0.3) is 5.91 Å². The molecule has 6 heteroatoms. The third kappa shape index (κ3) is 4.01. The summed E-state index contributed by atoms with van der Waals surface area (Å²) < 4.78 is 15.7. The number of ether oxygens (including phenoxy) is 3. The molecule has 28 heavy (non-hydrogen) atoms. The van der Waals surface area contributed by atoms with E-state index >= 15 is 0 Å². The minimum atomic E-state index is -0.599. The Labute approximate surface area is 164 Å². The largest absolute Gasteiger partial charge is 0.493 e. The minimum absolute atomic E-state index is 0.0418. The molecule has 2 aromatic carbocycles. The summed E-state index contributed by atoms with van der Waals surface area (Å²) in [6, 6.07) is 13.2. The molecule has 3 rings (SSSR count). The van der Waals surface area contributed by atoms with Gasteiger partial charge in [-0.15, -0.1) is 0 Å². The van der Waals surface area contributed by atoms with Gasteiger partial charge in [0.2, 0.25) is 0 Å². The Morgan fingerprint density at radius 3 is 2.64 bits per heavy atom. The fourth-order valence-corrected chi connectivity index (χ4v) is 3.40. The molecule has 0 saturated heterocycles. The number of carbonyl (C=O) groups excluding carboxylic acids is 2. The number of anilines is 1. The van der Waals surface area contributed by atoms with Crippen LogP contribution in [-0.4, -0.2) is 38.7 Å². The first kappa shape index (κ1) is 19.5. The molecule has 2 aromatic rings. The second-order valence-corrected chi connectivity index (χ2v) is 6.47. The van der Waals surface area contributed by atoms with Crippen LogP contribution in [-0.2, 0) is 20.7 Å². The zero-order valence-electron chi connectivity index (χ0n) is 16.2. The summed E-state index contributed by atoms with van der Waals surface area (Å²) in [4.78, 5) is 26.3. The average molecular weight is 381 g/mol. The first-order valence-electron chi connectivity index (χ1n) is 9.01. The molecule has 0 radical (unpaired) electrons. The van der Waals surface area contributed by atoms with E-state index in [4.69, 9.17) is 14.2 Å². The molecule has 0 N–H and O–H groups in total. The number of para-hydroxylation sites is 2. The molecule has 0 saturated carbocycles. The Bertz CT molecular complexity index is 906. The second-order valence-electron chi connectivity index (χ2n) is 6.47. The number of fused-ring (bicyclic) bond motifs is 1. The lowest BCUT2D eigenvalue weighted by Crippen LogP contribution is -2.38. The summed E-state index contributed by atoms with van der Waals surface area (Å²) in [6.45, 7) is 1.67. The molecule has 1 aliphatic rings. The van der Waals surface area contributed by atoms with Crippen LogP contribution in [0.15, 0.2) is 48.5 Å². The highest BCUT2D eigenvalue weighted by Crippen LogP contribution is 2.32. The van der Waals surface area contributed by atoms with Gasteiger partial charge in [-0.05, 0) is 37.1 Å². The van der Waals surface area contributed by atoms with Crippen LogP contribution in [0.5, 0.6) is 11.5 Å². The van der Waals surface area contributed by atoms with Crippen molar-refractivity contribution in [3.8, 4) is 11.5 Å². The van der Waals surface area contributed by atoms with Crippen molar-refractivity contribution in [2.24, 2.45) is 0 Å². The maximum Gasteiger partial charge on any atom is 0.331 e. The Morgan fingerprint density at radius 1 is 1.11 bits per heavy atom. The number of esters is 1. The van der Waals surface area contributed by atoms with E-state index in [0.717, 1.165) is 17.7 Å². The van der Waals surface area contributed by atoms with Crippen LogP contribution in [0.3, 0.4) is 0 Å². The van der Waals surface area contributed by atoms with E-state index in [-0.39, 0.29) is 18.6 Å². The zero-order valence-corrected chi connectivity index (χ0v) is 16.2. The van der Waals surface area contributed by atoms with Crippen LogP contribution in [0.1, 0.15) is 18.1 Å². The highest BCUT2D eigenvalue weighted by molar-refractivity contribution is 5.98. The molecule has 0 bridgehead atoms. The number of hydrogen-bond donors (Lipinski definition) is 0. The van der Waals surface area contributed by atoms with Crippen molar-refractivity contribution in [3.63, 3.8) is 0 Å². The lowest BCUT2D eigenvalue weighted by Gasteiger charge is -2.22. The predicted octanol–water partition coefficient (Wildman–Crippen LogP) is 3.24. The number of methoxy groups -OCH3 is 2. The molecular formula is C22H23NO5. The molecule has 0 unspecified atom stereocenters. The Kier molecular flexibility index (Phi) is 5.99. The Morgan fingerprint density at radius 2 is 1.89 bits per heavy atom. The van der Waals surface area contributed by atoms with E-state index in [9.17, 15) is 9.59 Å². The van der Waals surface area contributed by atoms with Crippen molar-refractivity contribution in [2.75, 3.05) is 25.7 Å². The van der Waals surface area contributed by atoms with Crippen LogP contribution in [0.4, 0.5) is 5.69 Å². The van der Waals surface area contributed by atoms with Crippen LogP contribution in [0.2, 0.25) is 0 Å². The fraction of sp³-hybridized carbons (Fsp3) is 0.273. The number of nitrogens with zero attached hydrogens (tertiary/aromatic N) is 1. The highest BCUT2D eigenvalue weighted by Gasteiger charge is 2.30. The number of amides is 1. The first-order valence-corrected chi connectivity index (χ1v) is 9.01. The Balaban J connectivity index is 1.62. The molecule has 1 amide bonds. The smallest absolute Gasteiger partial charge is 0.331 e. The van der Waals surface area contributed by atoms with Gasteiger partial charge in [0.1, 0.15) is 0 Å². The van der Waals surface area contributed by atoms with Gasteiger partial charge in [-0.25, -0.2) is 4.79 Å². The molecule has 1 aliphatic heterocycles. The van der Waals surface area contributed by atoms with Gasteiger partial charge in [0.15, 0.2) is 18.1 Å². The third-order valence-corrected chi connectivity index (χ3v) is 4.65. The molecule has 1 heterocycles. The number of rotatable bonds is 6. The fourth-order valence-electron chi connectivity index (χ4n) is 3.40. The number of benzene rings is 2. The summed E-state index contributed by atoms with van der Waals surface area (Å²) in [5.74, 6) is 0.249. The van der Waals surface area contributed by atoms with Crippen molar-refractivity contribution < 1.29 is 23.8 Å². The standard InChI is InChI=1S/C22H23NO5/c1-15-13-17-7-4-5-9-18(17)23(15)20(24)14-28-21(25)12-11-16-8-6-10-19(26-2)22(16)27-3/h4-12,15H,13-14H2,1-3H3/b12-11+/t15-/m1/s1. The van der Waals surface area contributed by atoms with Crippen molar-refractivity contribution in [1.82, 2.24) is 0 Å². The van der Waals surface area contributed by atoms with E-state index in [2.05, 4.69) is 0 Å². The molecule has 0 aromatic heterocycles. The summed E-state index contributed by atoms with van der Waals surface area (Å²) in [6.07, 6.45) is 3.64. The van der Waals surface area contributed by atoms with Crippen LogP contribution < -0.4 is 14.4 Å². The monoisotopic (exact) mass is 381 g/mol. The van der Waals surface area contributed by atoms with Gasteiger partial charge in [0.05, 0.1) is 14.2 Å². The number of hydrogen-bond acceptors (Lipinski definition) is 5. The molecule has 146 valence electrons. The van der Waals surface area contributed by atoms with Gasteiger partial charge in [-0.1, -0.05) is 30.3 Å². The van der Waals surface area contributed by atoms with Crippen LogP contribution in [0, 0.1) is 0 Å². The van der Waals surface area contributed by atoms with Gasteiger partial charge in [0, 0.05) is 23.4 Å². The predicted molar refractivity (Wildman–Crippen MR) is 107 cm³/mol. The summed E-state index contributed by atoms with van der Waals surface area (Å²) >= 11 is 0. The zero-order chi connectivity index (χ0) is 20.1. The molecule has 6 nitrogen and oxygen atoms in total. The topological polar surface area (TPSA) is 65.1 Å². The molecular weight excluding hydrogens is 358 g/mol. The molecule has 0 fully saturated rings. The molecule has 1 atom stereocenters. The summed E-state index contributed by atoms with van der Waals surface area (Å²) in [7, 11) is 3.07. The van der Waals surface area contributed by atoms with Gasteiger partial charge in [-0.3, -0.25) is 4.79 Å². The van der Waals surface area contributed by atoms with Crippen molar-refractivity contribution in [1.29, 1.82) is 0 Å². The van der Waals surface area contributed by atoms with Crippen LogP contribution in [0.25, 0.3) is 6.08 Å². The SMILES string of the molecule is COc1cccc(/C=C/C(=O)OCC(=O)N2c3ccccc3C[C@H]2C)c1OC. The minimum Gasteiger partial charge on any atom is -0.493 e.